The second-order valence-electron chi connectivity index (χ2n) is 12.1. The van der Waals surface area contributed by atoms with Crippen LogP contribution in [0.3, 0.4) is 0 Å². The topological polar surface area (TPSA) is 0 Å². The molecule has 0 unspecified atom stereocenters. The fourth-order valence-electron chi connectivity index (χ4n) is 8.39. The van der Waals surface area contributed by atoms with Crippen LogP contribution in [0.4, 0.5) is 0 Å². The van der Waals surface area contributed by atoms with Crippen LogP contribution < -0.4 is 0 Å². The predicted octanol–water partition coefficient (Wildman–Crippen LogP) is 11.2. The molecule has 0 radical (unpaired) electrons. The van der Waals surface area contributed by atoms with Gasteiger partial charge in [-0.3, -0.25) is 0 Å². The van der Waals surface area contributed by atoms with Crippen molar-refractivity contribution in [3.05, 3.63) is 225 Å². The molecule has 0 bridgehead atoms. The molecule has 7 aromatic carbocycles. The van der Waals surface area contributed by atoms with Gasteiger partial charge in [0.2, 0.25) is 0 Å². The molecule has 2 aliphatic carbocycles. The van der Waals surface area contributed by atoms with Crippen molar-refractivity contribution in [2.45, 2.75) is 10.8 Å². The van der Waals surface area contributed by atoms with Crippen LogP contribution in [0.15, 0.2) is 180 Å². The van der Waals surface area contributed by atoms with E-state index in [1.165, 1.54) is 66.8 Å². The molecule has 0 N–H and O–H groups in total. The highest BCUT2D eigenvalue weighted by Gasteiger charge is 2.51. The fourth-order valence-corrected chi connectivity index (χ4v) is 8.75. The minimum atomic E-state index is -0.467. The fraction of sp³-hybridized carbons (Fsp3) is 0.0455. The number of hydrogen-bond donors (Lipinski definition) is 0. The summed E-state index contributed by atoms with van der Waals surface area (Å²) in [6, 6.07) is 65.2. The highest BCUT2D eigenvalue weighted by atomic mass is 79.9. The molecule has 0 atom stereocenters. The molecule has 7 aromatic rings. The quantitative estimate of drug-likeness (QED) is 0.180. The van der Waals surface area contributed by atoms with Gasteiger partial charge in [0.25, 0.3) is 0 Å². The lowest BCUT2D eigenvalue weighted by Gasteiger charge is -2.35. The minimum Gasteiger partial charge on any atom is -0.0622 e. The zero-order valence-electron chi connectivity index (χ0n) is 24.6. The summed E-state index contributed by atoms with van der Waals surface area (Å²) < 4.78 is 1.09. The van der Waals surface area contributed by atoms with Crippen LogP contribution in [0.5, 0.6) is 0 Å². The van der Waals surface area contributed by atoms with Crippen LogP contribution in [0, 0.1) is 0 Å². The number of benzene rings is 7. The van der Waals surface area contributed by atoms with Gasteiger partial charge in [-0.25, -0.2) is 0 Å². The molecule has 0 aliphatic heterocycles. The molecule has 0 aromatic heterocycles. The van der Waals surface area contributed by atoms with Gasteiger partial charge in [-0.05, 0) is 91.0 Å². The van der Waals surface area contributed by atoms with Crippen molar-refractivity contribution in [2.24, 2.45) is 0 Å². The maximum absolute atomic E-state index is 3.86. The Labute approximate surface area is 272 Å². The average molecular weight is 638 g/mol. The number of rotatable bonds is 4. The highest BCUT2D eigenvalue weighted by Crippen LogP contribution is 2.62. The number of fused-ring (bicyclic) bond motifs is 6. The summed E-state index contributed by atoms with van der Waals surface area (Å²) in [6.45, 7) is 0. The van der Waals surface area contributed by atoms with Crippen molar-refractivity contribution in [1.29, 1.82) is 0 Å². The van der Waals surface area contributed by atoms with Crippen molar-refractivity contribution in [2.75, 3.05) is 0 Å². The third-order valence-electron chi connectivity index (χ3n) is 10.1. The summed E-state index contributed by atoms with van der Waals surface area (Å²) in [5.74, 6) is 0. The highest BCUT2D eigenvalue weighted by molar-refractivity contribution is 9.10. The van der Waals surface area contributed by atoms with Gasteiger partial charge in [0.15, 0.2) is 0 Å². The largest absolute Gasteiger partial charge is 0.0714 e. The summed E-state index contributed by atoms with van der Waals surface area (Å²) in [4.78, 5) is 0. The van der Waals surface area contributed by atoms with E-state index in [0.717, 1.165) is 4.47 Å². The maximum Gasteiger partial charge on any atom is 0.0714 e. The van der Waals surface area contributed by atoms with Gasteiger partial charge >= 0.3 is 0 Å². The summed E-state index contributed by atoms with van der Waals surface area (Å²) in [5, 5.41) is 0. The molecule has 212 valence electrons. The molecule has 2 aliphatic rings. The first-order valence-corrected chi connectivity index (χ1v) is 16.3. The zero-order valence-corrected chi connectivity index (χ0v) is 26.2. The van der Waals surface area contributed by atoms with Crippen molar-refractivity contribution in [3.63, 3.8) is 0 Å². The average Bonchev–Trinajstić information content (AvgIpc) is 3.56. The lowest BCUT2D eigenvalue weighted by molar-refractivity contribution is 0.758. The van der Waals surface area contributed by atoms with E-state index in [-0.39, 0.29) is 0 Å². The van der Waals surface area contributed by atoms with Crippen LogP contribution in [-0.4, -0.2) is 0 Å². The van der Waals surface area contributed by atoms with Crippen molar-refractivity contribution >= 4 is 15.9 Å². The molecule has 0 fully saturated rings. The summed E-state index contributed by atoms with van der Waals surface area (Å²) in [7, 11) is 0. The molecule has 1 heteroatoms. The van der Waals surface area contributed by atoms with Crippen LogP contribution >= 0.6 is 15.9 Å². The third kappa shape index (κ3) is 3.53. The standard InChI is InChI=1S/C44H29Br/c45-34-25-26-36-38-29-41-37(28-42(38)44(40(36)27-34,32-19-9-3-10-20-32)33-21-11-4-12-22-33)35-23-13-14-24-39(35)43(41,30-15-5-1-6-16-30)31-17-7-2-8-18-31/h1-29H. The lowest BCUT2D eigenvalue weighted by Crippen LogP contribution is -2.29. The Kier molecular flexibility index (Phi) is 5.89. The predicted molar refractivity (Wildman–Crippen MR) is 189 cm³/mol. The van der Waals surface area contributed by atoms with E-state index in [1.807, 2.05) is 0 Å². The van der Waals surface area contributed by atoms with E-state index >= 15 is 0 Å². The Morgan fingerprint density at radius 3 is 1.11 bits per heavy atom. The lowest BCUT2D eigenvalue weighted by atomic mass is 9.66. The minimum absolute atomic E-state index is 0.441. The van der Waals surface area contributed by atoms with Gasteiger partial charge in [0.1, 0.15) is 0 Å². The summed E-state index contributed by atoms with van der Waals surface area (Å²) >= 11 is 3.86. The van der Waals surface area contributed by atoms with Crippen molar-refractivity contribution in [3.8, 4) is 22.3 Å². The van der Waals surface area contributed by atoms with E-state index in [0.29, 0.717) is 0 Å². The van der Waals surface area contributed by atoms with E-state index in [9.17, 15) is 0 Å². The molecule has 0 heterocycles. The van der Waals surface area contributed by atoms with Gasteiger partial charge in [0.05, 0.1) is 10.8 Å². The smallest absolute Gasteiger partial charge is 0.0622 e. The molecule has 0 saturated carbocycles. The second-order valence-corrected chi connectivity index (χ2v) is 13.1. The third-order valence-corrected chi connectivity index (χ3v) is 10.6. The number of hydrogen-bond acceptors (Lipinski definition) is 0. The summed E-state index contributed by atoms with van der Waals surface area (Å²) in [6.07, 6.45) is 0. The van der Waals surface area contributed by atoms with Crippen LogP contribution in [0.2, 0.25) is 0 Å². The van der Waals surface area contributed by atoms with E-state index in [2.05, 4.69) is 192 Å². The second kappa shape index (κ2) is 10.0. The molecular weight excluding hydrogens is 608 g/mol. The number of halogens is 1. The van der Waals surface area contributed by atoms with E-state index in [1.54, 1.807) is 0 Å². The monoisotopic (exact) mass is 636 g/mol. The Hall–Kier alpha value is -4.98. The van der Waals surface area contributed by atoms with Crippen molar-refractivity contribution in [1.82, 2.24) is 0 Å². The molecule has 45 heavy (non-hydrogen) atoms. The van der Waals surface area contributed by atoms with E-state index < -0.39 is 10.8 Å². The molecular formula is C44H29Br. The van der Waals surface area contributed by atoms with Gasteiger partial charge in [-0.2, -0.15) is 0 Å². The molecule has 0 spiro atoms. The molecule has 9 rings (SSSR count). The Morgan fingerprint density at radius 2 is 0.644 bits per heavy atom. The SMILES string of the molecule is Brc1ccc2c(c1)C(c1ccccc1)(c1ccccc1)c1cc3c(cc1-2)C(c1ccccc1)(c1ccccc1)c1ccccc1-3. The zero-order chi connectivity index (χ0) is 30.0. The van der Waals surface area contributed by atoms with Gasteiger partial charge < -0.3 is 0 Å². The Bertz CT molecular complexity index is 2120. The first-order chi connectivity index (χ1) is 22.2. The van der Waals surface area contributed by atoms with Crippen LogP contribution in [-0.2, 0) is 10.8 Å². The van der Waals surface area contributed by atoms with Gasteiger partial charge in [-0.1, -0.05) is 168 Å². The Balaban J connectivity index is 1.47. The molecule has 0 saturated heterocycles. The molecule has 0 nitrogen and oxygen atoms in total. The first kappa shape index (κ1) is 26.4. The van der Waals surface area contributed by atoms with Gasteiger partial charge in [-0.15, -0.1) is 0 Å². The van der Waals surface area contributed by atoms with Crippen molar-refractivity contribution < 1.29 is 0 Å². The van der Waals surface area contributed by atoms with Crippen LogP contribution in [0.25, 0.3) is 22.3 Å². The Morgan fingerprint density at radius 1 is 0.289 bits per heavy atom. The summed E-state index contributed by atoms with van der Waals surface area (Å²) in [5.41, 5.74) is 14.7. The maximum atomic E-state index is 3.86. The molecule has 0 amide bonds. The normalized spacial score (nSPS) is 14.7. The van der Waals surface area contributed by atoms with Gasteiger partial charge in [0, 0.05) is 4.47 Å². The van der Waals surface area contributed by atoms with Crippen LogP contribution in [0.1, 0.15) is 44.5 Å². The van der Waals surface area contributed by atoms with E-state index in [4.69, 9.17) is 0 Å². The first-order valence-electron chi connectivity index (χ1n) is 15.6.